The fourth-order valence-corrected chi connectivity index (χ4v) is 1.51. The fourth-order valence-electron chi connectivity index (χ4n) is 1.51. The topological polar surface area (TPSA) is 27.6 Å². The van der Waals surface area contributed by atoms with Gasteiger partial charge in [-0.25, -0.2) is 0 Å². The first kappa shape index (κ1) is 14.2. The van der Waals surface area contributed by atoms with Crippen LogP contribution in [0.4, 0.5) is 5.69 Å². The molecule has 0 spiro atoms. The minimum Gasteiger partial charge on any atom is -0.325 e. The second kappa shape index (κ2) is 5.92. The fraction of sp³-hybridized carbons (Fsp3) is 0.571. The van der Waals surface area contributed by atoms with Crippen LogP contribution in [-0.2, 0) is 5.41 Å². The van der Waals surface area contributed by atoms with Crippen molar-refractivity contribution in [3.05, 3.63) is 29.3 Å². The zero-order valence-electron chi connectivity index (χ0n) is 11.1. The molecule has 0 atom stereocenters. The van der Waals surface area contributed by atoms with E-state index in [2.05, 4.69) is 51.6 Å². The molecular formula is C14H26N+. The van der Waals surface area contributed by atoms with E-state index in [9.17, 15) is 0 Å². The third kappa shape index (κ3) is 3.67. The Labute approximate surface area is 94.7 Å². The van der Waals surface area contributed by atoms with Crippen LogP contribution < -0.4 is 5.73 Å². The second-order valence-corrected chi connectivity index (χ2v) is 4.40. The largest absolute Gasteiger partial charge is 0.325 e. The third-order valence-electron chi connectivity index (χ3n) is 2.88. The predicted molar refractivity (Wildman–Crippen MR) is 68.4 cm³/mol. The maximum absolute atomic E-state index is 4.08. The first-order valence-electron chi connectivity index (χ1n) is 5.90. The minimum atomic E-state index is 0.253. The molecule has 0 radical (unpaired) electrons. The standard InChI is InChI=1S/C12H19N.C2H6/c1-5-12(3,4)10-8-9(2)6-7-11(10)13;1-2/h6-8H,5,13H2,1-4H3;1-2H3/p+1. The molecule has 1 rings (SSSR count). The number of benzene rings is 1. The van der Waals surface area contributed by atoms with E-state index in [1.807, 2.05) is 13.8 Å². The molecular weight excluding hydrogens is 182 g/mol. The summed E-state index contributed by atoms with van der Waals surface area (Å²) in [5.41, 5.74) is 8.20. The Balaban J connectivity index is 0.000000921. The molecule has 3 N–H and O–H groups in total. The van der Waals surface area contributed by atoms with Crippen molar-refractivity contribution in [2.45, 2.75) is 53.4 Å². The van der Waals surface area contributed by atoms with Crippen molar-refractivity contribution in [3.8, 4) is 0 Å². The number of rotatable bonds is 2. The highest BCUT2D eigenvalue weighted by Gasteiger charge is 2.22. The normalized spacial score (nSPS) is 10.6. The summed E-state index contributed by atoms with van der Waals surface area (Å²) in [6, 6.07) is 6.49. The number of aryl methyl sites for hydroxylation is 1. The lowest BCUT2D eigenvalue weighted by molar-refractivity contribution is -0.256. The predicted octanol–water partition coefficient (Wildman–Crippen LogP) is 3.58. The van der Waals surface area contributed by atoms with Crippen molar-refractivity contribution in [1.82, 2.24) is 0 Å². The van der Waals surface area contributed by atoms with E-state index < -0.39 is 0 Å². The molecule has 15 heavy (non-hydrogen) atoms. The van der Waals surface area contributed by atoms with Crippen LogP contribution in [0.15, 0.2) is 18.2 Å². The van der Waals surface area contributed by atoms with Gasteiger partial charge in [-0.3, -0.25) is 0 Å². The van der Waals surface area contributed by atoms with Crippen LogP contribution >= 0.6 is 0 Å². The van der Waals surface area contributed by atoms with Crippen LogP contribution in [0.1, 0.15) is 52.2 Å². The van der Waals surface area contributed by atoms with Crippen molar-refractivity contribution >= 4 is 5.69 Å². The van der Waals surface area contributed by atoms with Crippen LogP contribution in [0.2, 0.25) is 0 Å². The number of hydrogen-bond donors (Lipinski definition) is 1. The molecule has 0 aromatic heterocycles. The van der Waals surface area contributed by atoms with E-state index in [0.29, 0.717) is 0 Å². The first-order valence-corrected chi connectivity index (χ1v) is 5.90. The van der Waals surface area contributed by atoms with Crippen LogP contribution in [0.25, 0.3) is 0 Å². The highest BCUT2D eigenvalue weighted by atomic mass is 14.6. The summed E-state index contributed by atoms with van der Waals surface area (Å²) in [6.45, 7) is 12.9. The van der Waals surface area contributed by atoms with Crippen LogP contribution in [-0.4, -0.2) is 0 Å². The van der Waals surface area contributed by atoms with Crippen LogP contribution in [0, 0.1) is 6.92 Å². The van der Waals surface area contributed by atoms with Gasteiger partial charge in [0.25, 0.3) is 0 Å². The monoisotopic (exact) mass is 208 g/mol. The highest BCUT2D eigenvalue weighted by Crippen LogP contribution is 2.30. The summed E-state index contributed by atoms with van der Waals surface area (Å²) in [5, 5.41) is 0. The maximum Gasteiger partial charge on any atom is 0.131 e. The smallest absolute Gasteiger partial charge is 0.131 e. The molecule has 0 aliphatic heterocycles. The zero-order chi connectivity index (χ0) is 12.1. The average Bonchev–Trinajstić information content (AvgIpc) is 2.24. The Morgan fingerprint density at radius 3 is 2.20 bits per heavy atom. The average molecular weight is 208 g/mol. The van der Waals surface area contributed by atoms with Gasteiger partial charge >= 0.3 is 0 Å². The second-order valence-electron chi connectivity index (χ2n) is 4.40. The van der Waals surface area contributed by atoms with E-state index >= 15 is 0 Å². The van der Waals surface area contributed by atoms with Crippen molar-refractivity contribution in [1.29, 1.82) is 0 Å². The van der Waals surface area contributed by atoms with Gasteiger partial charge < -0.3 is 5.73 Å². The SMILES string of the molecule is CC.CCC(C)(C)c1cc(C)ccc1[NH3+]. The Kier molecular flexibility index (Phi) is 5.59. The van der Waals surface area contributed by atoms with Gasteiger partial charge in [-0.05, 0) is 30.9 Å². The lowest BCUT2D eigenvalue weighted by Crippen LogP contribution is -2.43. The summed E-state index contributed by atoms with van der Waals surface area (Å²) in [7, 11) is 0. The summed E-state index contributed by atoms with van der Waals surface area (Å²) in [5.74, 6) is 0. The van der Waals surface area contributed by atoms with E-state index in [0.717, 1.165) is 12.1 Å². The molecule has 0 unspecified atom stereocenters. The van der Waals surface area contributed by atoms with Gasteiger partial charge in [-0.1, -0.05) is 46.2 Å². The zero-order valence-corrected chi connectivity index (χ0v) is 11.1. The maximum atomic E-state index is 4.08. The van der Waals surface area contributed by atoms with E-state index in [1.165, 1.54) is 11.1 Å². The van der Waals surface area contributed by atoms with Crippen LogP contribution in [0.5, 0.6) is 0 Å². The molecule has 1 nitrogen and oxygen atoms in total. The molecule has 0 aliphatic carbocycles. The van der Waals surface area contributed by atoms with Crippen molar-refractivity contribution in [3.63, 3.8) is 0 Å². The van der Waals surface area contributed by atoms with Crippen molar-refractivity contribution in [2.24, 2.45) is 0 Å². The van der Waals surface area contributed by atoms with Gasteiger partial charge in [-0.2, -0.15) is 0 Å². The Morgan fingerprint density at radius 1 is 1.20 bits per heavy atom. The summed E-state index contributed by atoms with van der Waals surface area (Å²) >= 11 is 0. The quantitative estimate of drug-likeness (QED) is 0.769. The number of hydrogen-bond acceptors (Lipinski definition) is 0. The Hall–Kier alpha value is -0.820. The minimum absolute atomic E-state index is 0.253. The Morgan fingerprint density at radius 2 is 1.73 bits per heavy atom. The van der Waals surface area contributed by atoms with Gasteiger partial charge in [0.05, 0.1) is 0 Å². The van der Waals surface area contributed by atoms with E-state index in [1.54, 1.807) is 0 Å². The highest BCUT2D eigenvalue weighted by molar-refractivity contribution is 5.45. The Bertz CT molecular complexity index is 300. The van der Waals surface area contributed by atoms with E-state index in [-0.39, 0.29) is 5.41 Å². The molecule has 1 aromatic rings. The van der Waals surface area contributed by atoms with Crippen molar-refractivity contribution in [2.75, 3.05) is 0 Å². The van der Waals surface area contributed by atoms with Gasteiger partial charge in [0.1, 0.15) is 5.69 Å². The third-order valence-corrected chi connectivity index (χ3v) is 2.88. The molecule has 0 bridgehead atoms. The van der Waals surface area contributed by atoms with Crippen molar-refractivity contribution < 1.29 is 5.73 Å². The van der Waals surface area contributed by atoms with E-state index in [4.69, 9.17) is 0 Å². The molecule has 0 aliphatic rings. The molecule has 0 saturated heterocycles. The summed E-state index contributed by atoms with van der Waals surface area (Å²) in [6.07, 6.45) is 1.15. The summed E-state index contributed by atoms with van der Waals surface area (Å²) in [4.78, 5) is 0. The lowest BCUT2D eigenvalue weighted by Gasteiger charge is -2.23. The molecule has 0 fully saturated rings. The molecule has 1 aromatic carbocycles. The molecule has 0 amide bonds. The molecule has 86 valence electrons. The van der Waals surface area contributed by atoms with Gasteiger partial charge in [0.2, 0.25) is 0 Å². The van der Waals surface area contributed by atoms with Gasteiger partial charge in [-0.15, -0.1) is 0 Å². The van der Waals surface area contributed by atoms with Gasteiger partial charge in [0, 0.05) is 5.56 Å². The number of quaternary nitrogens is 1. The first-order chi connectivity index (χ1) is 6.97. The summed E-state index contributed by atoms with van der Waals surface area (Å²) < 4.78 is 0. The molecule has 1 heteroatoms. The lowest BCUT2D eigenvalue weighted by atomic mass is 9.81. The molecule has 0 heterocycles. The molecule has 0 saturated carbocycles. The van der Waals surface area contributed by atoms with Crippen LogP contribution in [0.3, 0.4) is 0 Å². The van der Waals surface area contributed by atoms with Gasteiger partial charge in [0.15, 0.2) is 0 Å².